The van der Waals surface area contributed by atoms with Crippen LogP contribution in [0.15, 0.2) is 10.2 Å². The van der Waals surface area contributed by atoms with Gasteiger partial charge in [0.1, 0.15) is 0 Å². The molecule has 0 saturated heterocycles. The SMILES string of the molecule is NNC(=S)NCc1csc(=O)[nH]1. The van der Waals surface area contributed by atoms with E-state index in [9.17, 15) is 4.79 Å². The predicted octanol–water partition coefficient (Wildman–Crippen LogP) is -0.726. The van der Waals surface area contributed by atoms with Crippen LogP contribution in [-0.2, 0) is 6.54 Å². The second-order valence-corrected chi connectivity index (χ2v) is 3.25. The Morgan fingerprint density at radius 2 is 2.58 bits per heavy atom. The number of aromatic amines is 1. The van der Waals surface area contributed by atoms with Crippen molar-refractivity contribution in [2.45, 2.75) is 6.54 Å². The Morgan fingerprint density at radius 3 is 3.08 bits per heavy atom. The van der Waals surface area contributed by atoms with Gasteiger partial charge < -0.3 is 15.7 Å². The number of thiocarbonyl (C=S) groups is 1. The second kappa shape index (κ2) is 4.19. The van der Waals surface area contributed by atoms with Gasteiger partial charge in [-0.05, 0) is 12.2 Å². The maximum atomic E-state index is 10.7. The van der Waals surface area contributed by atoms with Crippen molar-refractivity contribution in [2.24, 2.45) is 5.84 Å². The number of hydrogen-bond donors (Lipinski definition) is 4. The minimum atomic E-state index is -0.0709. The molecule has 1 rings (SSSR count). The molecule has 5 N–H and O–H groups in total. The van der Waals surface area contributed by atoms with Gasteiger partial charge in [-0.3, -0.25) is 4.79 Å². The number of aromatic nitrogens is 1. The molecule has 0 fully saturated rings. The van der Waals surface area contributed by atoms with Crippen molar-refractivity contribution in [1.82, 2.24) is 15.7 Å². The van der Waals surface area contributed by atoms with Gasteiger partial charge in [0.15, 0.2) is 5.11 Å². The highest BCUT2D eigenvalue weighted by Crippen LogP contribution is 1.93. The summed E-state index contributed by atoms with van der Waals surface area (Å²) in [5.74, 6) is 5.02. The Kier molecular flexibility index (Phi) is 3.20. The van der Waals surface area contributed by atoms with Crippen molar-refractivity contribution in [3.05, 3.63) is 20.7 Å². The maximum absolute atomic E-state index is 10.7. The van der Waals surface area contributed by atoms with Gasteiger partial charge in [-0.2, -0.15) is 0 Å². The van der Waals surface area contributed by atoms with E-state index in [0.29, 0.717) is 11.7 Å². The van der Waals surface area contributed by atoms with Gasteiger partial charge >= 0.3 is 4.87 Å². The van der Waals surface area contributed by atoms with Crippen LogP contribution < -0.4 is 21.5 Å². The zero-order chi connectivity index (χ0) is 8.97. The fraction of sp³-hybridized carbons (Fsp3) is 0.200. The Bertz CT molecular complexity index is 317. The van der Waals surface area contributed by atoms with Crippen LogP contribution in [0.25, 0.3) is 0 Å². The van der Waals surface area contributed by atoms with E-state index in [1.165, 1.54) is 0 Å². The largest absolute Gasteiger partial charge is 0.356 e. The van der Waals surface area contributed by atoms with E-state index in [4.69, 9.17) is 18.1 Å². The number of rotatable bonds is 2. The van der Waals surface area contributed by atoms with Gasteiger partial charge in [-0.1, -0.05) is 11.3 Å². The van der Waals surface area contributed by atoms with E-state index < -0.39 is 0 Å². The van der Waals surface area contributed by atoms with Crippen LogP contribution in [0.3, 0.4) is 0 Å². The first-order chi connectivity index (χ1) is 5.72. The highest BCUT2D eigenvalue weighted by molar-refractivity contribution is 7.80. The first-order valence-corrected chi connectivity index (χ1v) is 4.42. The van der Waals surface area contributed by atoms with Crippen LogP contribution in [0.5, 0.6) is 0 Å². The fourth-order valence-corrected chi connectivity index (χ4v) is 1.28. The number of thiazole rings is 1. The van der Waals surface area contributed by atoms with E-state index in [1.807, 2.05) is 0 Å². The van der Waals surface area contributed by atoms with Crippen molar-refractivity contribution in [3.8, 4) is 0 Å². The molecule has 12 heavy (non-hydrogen) atoms. The van der Waals surface area contributed by atoms with Gasteiger partial charge in [-0.25, -0.2) is 5.84 Å². The molecule has 5 nitrogen and oxygen atoms in total. The molecule has 1 aromatic heterocycles. The summed E-state index contributed by atoms with van der Waals surface area (Å²) in [6.45, 7) is 0.474. The lowest BCUT2D eigenvalue weighted by atomic mass is 10.5. The third-order valence-corrected chi connectivity index (χ3v) is 2.12. The van der Waals surface area contributed by atoms with Gasteiger partial charge in [0, 0.05) is 11.1 Å². The molecular formula is C5H8N4OS2. The second-order valence-electron chi connectivity index (χ2n) is 2.00. The van der Waals surface area contributed by atoms with Gasteiger partial charge in [0.2, 0.25) is 0 Å². The molecule has 0 unspecified atom stereocenters. The number of hydrogen-bond acceptors (Lipinski definition) is 4. The molecular weight excluding hydrogens is 196 g/mol. The van der Waals surface area contributed by atoms with Crippen LogP contribution in [-0.4, -0.2) is 10.1 Å². The zero-order valence-electron chi connectivity index (χ0n) is 6.09. The number of H-pyrrole nitrogens is 1. The normalized spacial score (nSPS) is 9.42. The zero-order valence-corrected chi connectivity index (χ0v) is 7.72. The third kappa shape index (κ3) is 2.61. The van der Waals surface area contributed by atoms with Crippen molar-refractivity contribution in [3.63, 3.8) is 0 Å². The molecule has 0 atom stereocenters. The minimum Gasteiger partial charge on any atom is -0.356 e. The molecule has 1 aromatic rings. The monoisotopic (exact) mass is 204 g/mol. The molecule has 0 radical (unpaired) electrons. The summed E-state index contributed by atoms with van der Waals surface area (Å²) in [5.41, 5.74) is 3.07. The van der Waals surface area contributed by atoms with E-state index in [1.54, 1.807) is 5.38 Å². The molecule has 0 aliphatic heterocycles. The summed E-state index contributed by atoms with van der Waals surface area (Å²) in [5, 5.41) is 4.87. The predicted molar refractivity (Wildman–Crippen MR) is 51.7 cm³/mol. The van der Waals surface area contributed by atoms with Crippen molar-refractivity contribution in [2.75, 3.05) is 0 Å². The maximum Gasteiger partial charge on any atom is 0.304 e. The van der Waals surface area contributed by atoms with Crippen LogP contribution >= 0.6 is 23.6 Å². The molecule has 0 aliphatic carbocycles. The average Bonchev–Trinajstić information content (AvgIpc) is 2.47. The minimum absolute atomic E-state index is 0.0709. The number of nitrogens with one attached hydrogen (secondary N) is 3. The summed E-state index contributed by atoms with van der Waals surface area (Å²) in [4.78, 5) is 13.2. The highest BCUT2D eigenvalue weighted by atomic mass is 32.1. The summed E-state index contributed by atoms with van der Waals surface area (Å²) in [7, 11) is 0. The van der Waals surface area contributed by atoms with Gasteiger partial charge in [0.25, 0.3) is 0 Å². The first-order valence-electron chi connectivity index (χ1n) is 3.13. The Morgan fingerprint density at radius 1 is 1.83 bits per heavy atom. The Labute approximate surface area is 78.0 Å². The first kappa shape index (κ1) is 9.17. The summed E-state index contributed by atoms with van der Waals surface area (Å²) >= 11 is 5.84. The Hall–Kier alpha value is -0.920. The molecule has 7 heteroatoms. The van der Waals surface area contributed by atoms with E-state index in [2.05, 4.69) is 15.7 Å². The molecule has 0 bridgehead atoms. The average molecular weight is 204 g/mol. The van der Waals surface area contributed by atoms with Crippen LogP contribution in [0.4, 0.5) is 0 Å². The van der Waals surface area contributed by atoms with Gasteiger partial charge in [0.05, 0.1) is 6.54 Å². The topological polar surface area (TPSA) is 82.9 Å². The van der Waals surface area contributed by atoms with Crippen LogP contribution in [0, 0.1) is 0 Å². The van der Waals surface area contributed by atoms with Crippen molar-refractivity contribution < 1.29 is 0 Å². The number of hydrazine groups is 1. The lowest BCUT2D eigenvalue weighted by Gasteiger charge is -2.03. The molecule has 0 aromatic carbocycles. The smallest absolute Gasteiger partial charge is 0.304 e. The van der Waals surface area contributed by atoms with Crippen molar-refractivity contribution >= 4 is 28.7 Å². The van der Waals surface area contributed by atoms with E-state index in [-0.39, 0.29) is 4.87 Å². The lowest BCUT2D eigenvalue weighted by molar-refractivity contribution is 0.843. The van der Waals surface area contributed by atoms with Gasteiger partial charge in [-0.15, -0.1) is 0 Å². The van der Waals surface area contributed by atoms with E-state index in [0.717, 1.165) is 17.0 Å². The summed E-state index contributed by atoms with van der Waals surface area (Å²) in [6.07, 6.45) is 0. The molecule has 1 heterocycles. The molecule has 0 amide bonds. The van der Waals surface area contributed by atoms with Crippen LogP contribution in [0.1, 0.15) is 5.69 Å². The standard InChI is InChI=1S/C5H8N4OS2/c6-9-4(11)7-1-3-2-12-5(10)8-3/h2H,1,6H2,(H,8,10)(H2,7,9,11). The van der Waals surface area contributed by atoms with Crippen molar-refractivity contribution in [1.29, 1.82) is 0 Å². The lowest BCUT2D eigenvalue weighted by Crippen LogP contribution is -2.39. The molecule has 66 valence electrons. The quantitative estimate of drug-likeness (QED) is 0.290. The summed E-state index contributed by atoms with van der Waals surface area (Å²) < 4.78 is 0. The molecule has 0 saturated carbocycles. The number of nitrogens with two attached hydrogens (primary N) is 1. The summed E-state index contributed by atoms with van der Waals surface area (Å²) in [6, 6.07) is 0. The van der Waals surface area contributed by atoms with Crippen LogP contribution in [0.2, 0.25) is 0 Å². The third-order valence-electron chi connectivity index (χ3n) is 1.14. The molecule has 0 spiro atoms. The van der Waals surface area contributed by atoms with E-state index >= 15 is 0 Å². The fourth-order valence-electron chi connectivity index (χ4n) is 0.627. The molecule has 0 aliphatic rings. The Balaban J connectivity index is 2.43. The highest BCUT2D eigenvalue weighted by Gasteiger charge is 1.96.